The molecule has 0 saturated carbocycles. The Hall–Kier alpha value is -2.54. The highest BCUT2D eigenvalue weighted by Gasteiger charge is 2.50. The van der Waals surface area contributed by atoms with Crippen LogP contribution in [0, 0.1) is 5.41 Å². The first-order valence-corrected chi connectivity index (χ1v) is 10.6. The molecule has 3 fully saturated rings. The van der Waals surface area contributed by atoms with E-state index in [4.69, 9.17) is 9.26 Å². The van der Waals surface area contributed by atoms with Gasteiger partial charge in [0.1, 0.15) is 12.4 Å². The Kier molecular flexibility index (Phi) is 4.91. The van der Waals surface area contributed by atoms with Crippen LogP contribution in [0.4, 0.5) is 11.5 Å². The number of piperazine rings is 1. The zero-order valence-electron chi connectivity index (χ0n) is 16.7. The number of carbonyl (C=O) groups excluding carboxylic acids is 1. The maximum absolute atomic E-state index is 12.7. The molecule has 0 bridgehead atoms. The molecule has 2 aromatic rings. The van der Waals surface area contributed by atoms with E-state index in [1.54, 1.807) is 6.26 Å². The van der Waals surface area contributed by atoms with Crippen molar-refractivity contribution in [3.8, 4) is 0 Å². The van der Waals surface area contributed by atoms with E-state index in [2.05, 4.69) is 50.2 Å². The van der Waals surface area contributed by atoms with Gasteiger partial charge in [-0.25, -0.2) is 0 Å². The largest absolute Gasteiger partial charge is 0.461 e. The van der Waals surface area contributed by atoms with E-state index in [0.717, 1.165) is 70.9 Å². The fraction of sp³-hybridized carbons (Fsp3) is 0.545. The van der Waals surface area contributed by atoms with Gasteiger partial charge in [0.25, 0.3) is 0 Å². The second kappa shape index (κ2) is 7.71. The fourth-order valence-electron chi connectivity index (χ4n) is 5.00. The Morgan fingerprint density at radius 3 is 2.41 bits per heavy atom. The summed E-state index contributed by atoms with van der Waals surface area (Å²) in [5, 5.41) is 4.02. The van der Waals surface area contributed by atoms with Crippen LogP contribution in [-0.4, -0.2) is 67.9 Å². The van der Waals surface area contributed by atoms with E-state index >= 15 is 0 Å². The fourth-order valence-corrected chi connectivity index (χ4v) is 5.00. The number of nitrogens with zero attached hydrogens (tertiary/aromatic N) is 4. The second-order valence-corrected chi connectivity index (χ2v) is 8.48. The second-order valence-electron chi connectivity index (χ2n) is 8.48. The molecule has 7 heteroatoms. The number of hydrogen-bond acceptors (Lipinski definition) is 7. The Labute approximate surface area is 171 Å². The lowest BCUT2D eigenvalue weighted by Gasteiger charge is -2.37. The number of aromatic nitrogens is 1. The topological polar surface area (TPSA) is 62.1 Å². The van der Waals surface area contributed by atoms with E-state index < -0.39 is 0 Å². The predicted molar refractivity (Wildman–Crippen MR) is 110 cm³/mol. The van der Waals surface area contributed by atoms with Crippen molar-refractivity contribution in [1.29, 1.82) is 0 Å². The van der Waals surface area contributed by atoms with E-state index in [-0.39, 0.29) is 17.5 Å². The van der Waals surface area contributed by atoms with Gasteiger partial charge in [0.15, 0.2) is 5.82 Å². The van der Waals surface area contributed by atoms with E-state index in [1.807, 2.05) is 6.07 Å². The minimum absolute atomic E-state index is 0.00484. The van der Waals surface area contributed by atoms with Gasteiger partial charge < -0.3 is 19.1 Å². The molecule has 154 valence electrons. The molecule has 7 nitrogen and oxygen atoms in total. The number of ether oxygens (including phenoxy) is 1. The first-order valence-electron chi connectivity index (χ1n) is 10.6. The lowest BCUT2D eigenvalue weighted by Crippen LogP contribution is -2.48. The van der Waals surface area contributed by atoms with Crippen molar-refractivity contribution in [1.82, 2.24) is 10.1 Å². The number of esters is 1. The van der Waals surface area contributed by atoms with Crippen molar-refractivity contribution in [2.75, 3.05) is 55.6 Å². The molecular formula is C22H28N4O3. The number of rotatable bonds is 4. The summed E-state index contributed by atoms with van der Waals surface area (Å²) in [5.74, 6) is 0.865. The summed E-state index contributed by atoms with van der Waals surface area (Å²) < 4.78 is 10.8. The Bertz CT molecular complexity index is 810. The van der Waals surface area contributed by atoms with Crippen molar-refractivity contribution in [3.05, 3.63) is 42.7 Å². The van der Waals surface area contributed by atoms with E-state index in [1.165, 1.54) is 5.69 Å². The summed E-state index contributed by atoms with van der Waals surface area (Å²) >= 11 is 0. The number of cyclic esters (lactones) is 1. The maximum Gasteiger partial charge on any atom is 0.312 e. The molecule has 3 aliphatic heterocycles. The van der Waals surface area contributed by atoms with Gasteiger partial charge in [0.05, 0.1) is 5.41 Å². The van der Waals surface area contributed by atoms with Gasteiger partial charge in [0.2, 0.25) is 0 Å². The molecule has 1 aromatic heterocycles. The average Bonchev–Trinajstić information content (AvgIpc) is 3.39. The third-order valence-electron chi connectivity index (χ3n) is 6.75. The minimum atomic E-state index is -0.309. The van der Waals surface area contributed by atoms with Crippen LogP contribution in [0.2, 0.25) is 0 Å². The van der Waals surface area contributed by atoms with Crippen LogP contribution in [-0.2, 0) is 9.53 Å². The summed E-state index contributed by atoms with van der Waals surface area (Å²) in [6.45, 7) is 6.55. The molecule has 29 heavy (non-hydrogen) atoms. The lowest BCUT2D eigenvalue weighted by atomic mass is 9.76. The molecular weight excluding hydrogens is 368 g/mol. The monoisotopic (exact) mass is 396 g/mol. The Morgan fingerprint density at radius 1 is 0.966 bits per heavy atom. The molecule has 3 saturated heterocycles. The van der Waals surface area contributed by atoms with Crippen LogP contribution in [0.5, 0.6) is 0 Å². The minimum Gasteiger partial charge on any atom is -0.461 e. The van der Waals surface area contributed by atoms with Crippen molar-refractivity contribution >= 4 is 17.5 Å². The third-order valence-corrected chi connectivity index (χ3v) is 6.75. The van der Waals surface area contributed by atoms with Crippen molar-refractivity contribution in [2.24, 2.45) is 5.41 Å². The van der Waals surface area contributed by atoms with Gasteiger partial charge in [-0.2, -0.15) is 0 Å². The highest BCUT2D eigenvalue weighted by atomic mass is 16.6. The zero-order valence-corrected chi connectivity index (χ0v) is 16.7. The number of benzene rings is 1. The smallest absolute Gasteiger partial charge is 0.312 e. The summed E-state index contributed by atoms with van der Waals surface area (Å²) in [5.41, 5.74) is 0.980. The van der Waals surface area contributed by atoms with Crippen molar-refractivity contribution in [3.63, 3.8) is 0 Å². The summed E-state index contributed by atoms with van der Waals surface area (Å²) in [4.78, 5) is 19.8. The summed E-state index contributed by atoms with van der Waals surface area (Å²) in [6.07, 6.45) is 4.12. The van der Waals surface area contributed by atoms with Crippen molar-refractivity contribution in [2.45, 2.75) is 25.4 Å². The molecule has 0 aliphatic carbocycles. The Balaban J connectivity index is 1.13. The molecule has 3 aliphatic rings. The third kappa shape index (κ3) is 3.71. The molecule has 5 rings (SSSR count). The molecule has 1 unspecified atom stereocenters. The van der Waals surface area contributed by atoms with Crippen LogP contribution in [0.15, 0.2) is 47.2 Å². The normalized spacial score (nSPS) is 24.8. The molecule has 0 radical (unpaired) electrons. The zero-order chi connectivity index (χ0) is 19.7. The Morgan fingerprint density at radius 2 is 1.72 bits per heavy atom. The molecule has 0 amide bonds. The van der Waals surface area contributed by atoms with Crippen LogP contribution >= 0.6 is 0 Å². The predicted octanol–water partition coefficient (Wildman–Crippen LogP) is 2.40. The van der Waals surface area contributed by atoms with Crippen LogP contribution in [0.25, 0.3) is 0 Å². The highest BCUT2D eigenvalue weighted by molar-refractivity contribution is 5.79. The molecule has 1 aromatic carbocycles. The van der Waals surface area contributed by atoms with Crippen LogP contribution < -0.4 is 9.80 Å². The van der Waals surface area contributed by atoms with Gasteiger partial charge in [-0.3, -0.25) is 9.69 Å². The highest BCUT2D eigenvalue weighted by Crippen LogP contribution is 2.43. The number of hydrogen-bond donors (Lipinski definition) is 0. The standard InChI is InChI=1S/C22H28N4O3/c27-21-22(7-9-26(10-8-22)20-6-15-28-23-20)16-19(29-21)17-24-11-13-25(14-12-24)18-4-2-1-3-5-18/h1-6,15,19H,7-14,16-17H2. The quantitative estimate of drug-likeness (QED) is 0.736. The average molecular weight is 396 g/mol. The van der Waals surface area contributed by atoms with Crippen molar-refractivity contribution < 1.29 is 14.1 Å². The maximum atomic E-state index is 12.7. The molecule has 1 spiro atoms. The van der Waals surface area contributed by atoms with Crippen LogP contribution in [0.1, 0.15) is 19.3 Å². The van der Waals surface area contributed by atoms with Gasteiger partial charge >= 0.3 is 5.97 Å². The van der Waals surface area contributed by atoms with Gasteiger partial charge in [0, 0.05) is 64.0 Å². The van der Waals surface area contributed by atoms with Gasteiger partial charge in [-0.05, 0) is 25.0 Å². The first-order chi connectivity index (χ1) is 14.2. The molecule has 1 atom stereocenters. The number of anilines is 2. The number of carbonyl (C=O) groups is 1. The molecule has 4 heterocycles. The number of piperidine rings is 1. The number of para-hydroxylation sites is 1. The van der Waals surface area contributed by atoms with E-state index in [0.29, 0.717) is 0 Å². The van der Waals surface area contributed by atoms with E-state index in [9.17, 15) is 4.79 Å². The first kappa shape index (κ1) is 18.5. The SMILES string of the molecule is O=C1OC(CN2CCN(c3ccccc3)CC2)CC12CCN(c1ccon1)CC2. The summed E-state index contributed by atoms with van der Waals surface area (Å²) in [7, 11) is 0. The van der Waals surface area contributed by atoms with Crippen LogP contribution in [0.3, 0.4) is 0 Å². The molecule has 0 N–H and O–H groups in total. The van der Waals surface area contributed by atoms with Gasteiger partial charge in [-0.1, -0.05) is 23.4 Å². The van der Waals surface area contributed by atoms with Gasteiger partial charge in [-0.15, -0.1) is 0 Å². The summed E-state index contributed by atoms with van der Waals surface area (Å²) in [6, 6.07) is 12.5. The lowest BCUT2D eigenvalue weighted by molar-refractivity contribution is -0.150.